The second-order valence-corrected chi connectivity index (χ2v) is 9.22. The zero-order chi connectivity index (χ0) is 19.8. The summed E-state index contributed by atoms with van der Waals surface area (Å²) < 4.78 is 0. The fourth-order valence-electron chi connectivity index (χ4n) is 6.01. The lowest BCUT2D eigenvalue weighted by Crippen LogP contribution is -2.14. The van der Waals surface area contributed by atoms with E-state index in [9.17, 15) is 4.79 Å². The van der Waals surface area contributed by atoms with Crippen molar-refractivity contribution >= 4 is 11.5 Å². The van der Waals surface area contributed by atoms with Crippen molar-refractivity contribution in [3.63, 3.8) is 0 Å². The molecule has 2 saturated carbocycles. The van der Waals surface area contributed by atoms with Gasteiger partial charge in [-0.25, -0.2) is 0 Å². The maximum atomic E-state index is 11.9. The normalized spacial score (nSPS) is 30.6. The summed E-state index contributed by atoms with van der Waals surface area (Å²) in [4.78, 5) is 11.9. The zero-order valence-corrected chi connectivity index (χ0v) is 16.9. The number of nitrogens with zero attached hydrogens (tertiary/aromatic N) is 1. The average Bonchev–Trinajstić information content (AvgIpc) is 3.15. The molecule has 0 unspecified atom stereocenters. The molecule has 2 fully saturated rings. The Morgan fingerprint density at radius 2 is 0.966 bits per heavy atom. The molecule has 4 aliphatic carbocycles. The maximum Gasteiger partial charge on any atom is 0.139 e. The first-order chi connectivity index (χ1) is 14.2. The summed E-state index contributed by atoms with van der Waals surface area (Å²) in [5, 5.41) is 12.6. The first kappa shape index (κ1) is 18.6. The number of ketones is 1. The van der Waals surface area contributed by atoms with Crippen LogP contribution < -0.4 is 0 Å². The van der Waals surface area contributed by atoms with Crippen molar-refractivity contribution < 1.29 is 10.0 Å². The van der Waals surface area contributed by atoms with E-state index in [0.717, 1.165) is 44.2 Å². The fourth-order valence-corrected chi connectivity index (χ4v) is 6.01. The van der Waals surface area contributed by atoms with Gasteiger partial charge in [0.2, 0.25) is 0 Å². The molecule has 2 aromatic carbocycles. The van der Waals surface area contributed by atoms with Gasteiger partial charge in [0.15, 0.2) is 0 Å². The van der Waals surface area contributed by atoms with Crippen LogP contribution in [0.2, 0.25) is 0 Å². The summed E-state index contributed by atoms with van der Waals surface area (Å²) in [5.41, 5.74) is 6.77. The summed E-state index contributed by atoms with van der Waals surface area (Å²) >= 11 is 0. The van der Waals surface area contributed by atoms with E-state index in [2.05, 4.69) is 53.7 Å². The molecule has 0 aromatic heterocycles. The van der Waals surface area contributed by atoms with E-state index < -0.39 is 0 Å². The quantitative estimate of drug-likeness (QED) is 0.510. The van der Waals surface area contributed by atoms with Crippen molar-refractivity contribution in [2.45, 2.75) is 51.4 Å². The molecule has 3 nitrogen and oxygen atoms in total. The van der Waals surface area contributed by atoms with Gasteiger partial charge in [0, 0.05) is 23.7 Å². The third kappa shape index (κ3) is 3.52. The van der Waals surface area contributed by atoms with Crippen LogP contribution in [0.3, 0.4) is 0 Å². The largest absolute Gasteiger partial charge is 0.411 e. The molecule has 0 radical (unpaired) electrons. The van der Waals surface area contributed by atoms with Gasteiger partial charge in [-0.05, 0) is 73.6 Å². The van der Waals surface area contributed by atoms with E-state index in [0.29, 0.717) is 29.5 Å². The molecule has 4 bridgehead atoms. The predicted molar refractivity (Wildman–Crippen MR) is 114 cm³/mol. The minimum absolute atomic E-state index is 0.337. The van der Waals surface area contributed by atoms with Crippen molar-refractivity contribution in [1.82, 2.24) is 0 Å². The molecule has 6 rings (SSSR count). The monoisotopic (exact) mass is 387 g/mol. The number of hydrogen-bond donors (Lipinski definition) is 1. The first-order valence-corrected chi connectivity index (χ1v) is 11.1. The number of carbonyl (C=O) groups is 1. The lowest BCUT2D eigenvalue weighted by atomic mass is 9.94. The molecule has 0 saturated heterocycles. The van der Waals surface area contributed by atoms with Gasteiger partial charge in [0.05, 0.1) is 5.71 Å². The van der Waals surface area contributed by atoms with E-state index in [1.165, 1.54) is 35.1 Å². The number of oxime groups is 1. The molecule has 150 valence electrons. The van der Waals surface area contributed by atoms with Gasteiger partial charge in [-0.3, -0.25) is 4.79 Å². The van der Waals surface area contributed by atoms with Crippen LogP contribution in [0.4, 0.5) is 0 Å². The van der Waals surface area contributed by atoms with Crippen molar-refractivity contribution in [1.29, 1.82) is 0 Å². The molecule has 0 heterocycles. The number of rotatable bonds is 0. The minimum Gasteiger partial charge on any atom is -0.411 e. The summed E-state index contributed by atoms with van der Waals surface area (Å²) in [6.07, 6.45) is 8.74. The topological polar surface area (TPSA) is 49.7 Å². The third-order valence-electron chi connectivity index (χ3n) is 7.59. The molecule has 1 N–H and O–H groups in total. The number of carbonyl (C=O) groups excluding carboxylic acids is 1. The molecule has 4 aliphatic rings. The highest BCUT2D eigenvalue weighted by atomic mass is 16.4. The van der Waals surface area contributed by atoms with E-state index in [1.807, 2.05) is 0 Å². The van der Waals surface area contributed by atoms with Crippen LogP contribution in [0.1, 0.15) is 47.9 Å². The van der Waals surface area contributed by atoms with Crippen LogP contribution in [-0.2, 0) is 30.5 Å². The highest BCUT2D eigenvalue weighted by Crippen LogP contribution is 2.38. The summed E-state index contributed by atoms with van der Waals surface area (Å²) in [6, 6.07) is 17.2. The average molecular weight is 388 g/mol. The molecule has 0 spiro atoms. The SMILES string of the molecule is O=C1[C@@H]2CC[C@H]1Cc1ccccc1C2.ON=C1[C@@H]2CC[C@H]1Cc1ccccc1C2. The second kappa shape index (κ2) is 7.78. The Morgan fingerprint density at radius 1 is 0.621 bits per heavy atom. The van der Waals surface area contributed by atoms with Gasteiger partial charge >= 0.3 is 0 Å². The van der Waals surface area contributed by atoms with Gasteiger partial charge in [0.1, 0.15) is 5.78 Å². The van der Waals surface area contributed by atoms with Crippen LogP contribution in [-0.4, -0.2) is 16.7 Å². The molecule has 0 amide bonds. The predicted octanol–water partition coefficient (Wildman–Crippen LogP) is 5.02. The van der Waals surface area contributed by atoms with E-state index in [-0.39, 0.29) is 0 Å². The molecular weight excluding hydrogens is 358 g/mol. The second-order valence-electron chi connectivity index (χ2n) is 9.22. The lowest BCUT2D eigenvalue weighted by Gasteiger charge is -2.11. The van der Waals surface area contributed by atoms with Crippen molar-refractivity contribution in [2.24, 2.45) is 28.8 Å². The molecule has 2 aromatic rings. The van der Waals surface area contributed by atoms with Crippen molar-refractivity contribution in [3.8, 4) is 0 Å². The highest BCUT2D eigenvalue weighted by molar-refractivity contribution is 5.91. The minimum atomic E-state index is 0.337. The summed E-state index contributed by atoms with van der Waals surface area (Å²) in [7, 11) is 0. The fraction of sp³-hybridized carbons (Fsp3) is 0.462. The molecular formula is C26H29NO2. The Balaban J connectivity index is 0.000000125. The van der Waals surface area contributed by atoms with Gasteiger partial charge < -0.3 is 5.21 Å². The van der Waals surface area contributed by atoms with Gasteiger partial charge in [-0.1, -0.05) is 53.7 Å². The summed E-state index contributed by atoms with van der Waals surface area (Å²) in [5.74, 6) is 2.18. The maximum absolute atomic E-state index is 11.9. The highest BCUT2D eigenvalue weighted by Gasteiger charge is 2.37. The molecule has 0 aliphatic heterocycles. The smallest absolute Gasteiger partial charge is 0.139 e. The Hall–Kier alpha value is -2.42. The molecule has 4 atom stereocenters. The van der Waals surface area contributed by atoms with Gasteiger partial charge in [-0.15, -0.1) is 0 Å². The van der Waals surface area contributed by atoms with E-state index in [4.69, 9.17) is 5.21 Å². The first-order valence-electron chi connectivity index (χ1n) is 11.1. The Bertz CT molecular complexity index is 877. The van der Waals surface area contributed by atoms with Crippen molar-refractivity contribution in [3.05, 3.63) is 70.8 Å². The van der Waals surface area contributed by atoms with Crippen LogP contribution in [0.5, 0.6) is 0 Å². The number of hydrogen-bond acceptors (Lipinski definition) is 3. The van der Waals surface area contributed by atoms with Crippen LogP contribution >= 0.6 is 0 Å². The van der Waals surface area contributed by atoms with E-state index >= 15 is 0 Å². The number of Topliss-reactive ketones (excluding diaryl/α,β-unsaturated/α-hetero) is 1. The van der Waals surface area contributed by atoms with E-state index in [1.54, 1.807) is 0 Å². The standard InChI is InChI=1S/C13H15NO.C13H14O/c15-14-13-11-5-6-12(13)8-10-4-2-1-3-9(10)7-11;14-13-11-5-6-12(13)8-10-4-2-1-3-9(10)7-11/h1-4,11-12,15H,5-8H2;1-4,11-12H,5-8H2/t2*11-,12+. The zero-order valence-electron chi connectivity index (χ0n) is 16.9. The molecule has 3 heteroatoms. The third-order valence-corrected chi connectivity index (χ3v) is 7.59. The van der Waals surface area contributed by atoms with Crippen LogP contribution in [0.15, 0.2) is 53.7 Å². The summed E-state index contributed by atoms with van der Waals surface area (Å²) in [6.45, 7) is 0. The lowest BCUT2D eigenvalue weighted by molar-refractivity contribution is -0.123. The van der Waals surface area contributed by atoms with Gasteiger partial charge in [-0.2, -0.15) is 0 Å². The Labute approximate surface area is 172 Å². The number of benzene rings is 2. The van der Waals surface area contributed by atoms with Crippen molar-refractivity contribution in [2.75, 3.05) is 0 Å². The Morgan fingerprint density at radius 3 is 1.34 bits per heavy atom. The number of fused-ring (bicyclic) bond motifs is 6. The molecule has 29 heavy (non-hydrogen) atoms. The van der Waals surface area contributed by atoms with Crippen LogP contribution in [0.25, 0.3) is 0 Å². The Kier molecular flexibility index (Phi) is 4.99. The van der Waals surface area contributed by atoms with Crippen LogP contribution in [0, 0.1) is 23.7 Å². The van der Waals surface area contributed by atoms with Gasteiger partial charge in [0.25, 0.3) is 0 Å².